The fourth-order valence-corrected chi connectivity index (χ4v) is 9.23. The third kappa shape index (κ3) is 4.17. The maximum Gasteiger partial charge on any atom is 0.265 e. The molecule has 134 valence electrons. The Morgan fingerprint density at radius 1 is 1.17 bits per heavy atom. The van der Waals surface area contributed by atoms with Crippen molar-refractivity contribution in [3.63, 3.8) is 0 Å². The average molecular weight is 352 g/mol. The zero-order valence-electron chi connectivity index (χ0n) is 15.6. The largest absolute Gasteiger partial charge is 0.322 e. The molecule has 1 aliphatic heterocycles. The summed E-state index contributed by atoms with van der Waals surface area (Å²) < 4.78 is 13.5. The van der Waals surface area contributed by atoms with E-state index in [-0.39, 0.29) is 17.4 Å². The van der Waals surface area contributed by atoms with Crippen LogP contribution in [0.1, 0.15) is 57.1 Å². The topological polar surface area (TPSA) is 29.1 Å². The van der Waals surface area contributed by atoms with E-state index in [2.05, 4.69) is 19.2 Å². The summed E-state index contributed by atoms with van der Waals surface area (Å²) >= 11 is 0. The van der Waals surface area contributed by atoms with Gasteiger partial charge in [-0.1, -0.05) is 13.3 Å². The first-order valence-electron chi connectivity index (χ1n) is 9.37. The highest BCUT2D eigenvalue weighted by molar-refractivity contribution is 7.77. The Hall–Kier alpha value is -0.950. The smallest absolute Gasteiger partial charge is 0.265 e. The fourth-order valence-electron chi connectivity index (χ4n) is 4.23. The van der Waals surface area contributed by atoms with Crippen LogP contribution in [0.3, 0.4) is 0 Å². The van der Waals surface area contributed by atoms with Crippen LogP contribution in [-0.4, -0.2) is 30.1 Å². The van der Waals surface area contributed by atoms with Gasteiger partial charge in [0.2, 0.25) is 0 Å². The van der Waals surface area contributed by atoms with E-state index in [0.717, 1.165) is 29.7 Å². The first-order valence-corrected chi connectivity index (χ1v) is 11.8. The molecule has 0 saturated carbocycles. The van der Waals surface area contributed by atoms with Crippen molar-refractivity contribution in [2.24, 2.45) is 0 Å². The SMILES string of the molecule is CCCC(C(=O)Nc1c(C)cc(F)cc1C)[P+]1(CC)CCCCC1. The van der Waals surface area contributed by atoms with Crippen LogP contribution in [0.5, 0.6) is 0 Å². The molecular weight excluding hydrogens is 320 g/mol. The molecule has 1 aromatic rings. The predicted molar refractivity (Wildman–Crippen MR) is 104 cm³/mol. The number of carbonyl (C=O) groups is 1. The molecule has 2 rings (SSSR count). The lowest BCUT2D eigenvalue weighted by Crippen LogP contribution is -2.35. The molecule has 1 aliphatic rings. The summed E-state index contributed by atoms with van der Waals surface area (Å²) in [6, 6.07) is 3.01. The van der Waals surface area contributed by atoms with E-state index < -0.39 is 7.26 Å². The molecule has 24 heavy (non-hydrogen) atoms. The minimum Gasteiger partial charge on any atom is -0.322 e. The van der Waals surface area contributed by atoms with Crippen molar-refractivity contribution in [1.29, 1.82) is 0 Å². The molecule has 0 spiro atoms. The van der Waals surface area contributed by atoms with E-state index in [1.807, 2.05) is 13.8 Å². The molecule has 0 bridgehead atoms. The molecule has 0 radical (unpaired) electrons. The molecule has 0 aliphatic carbocycles. The molecular formula is C20H32FNOP+. The van der Waals surface area contributed by atoms with Crippen LogP contribution in [0.4, 0.5) is 10.1 Å². The standard InChI is InChI=1S/C20H31FNOP/c1-5-10-18(24(6-2)11-8-7-9-12-24)20(23)22-19-15(3)13-17(21)14-16(19)4/h13-14,18H,5-12H2,1-4H3/p+1. The number of hydrogen-bond donors (Lipinski definition) is 1. The Bertz CT molecular complexity index is 558. The van der Waals surface area contributed by atoms with Gasteiger partial charge in [0, 0.05) is 12.9 Å². The van der Waals surface area contributed by atoms with E-state index >= 15 is 0 Å². The van der Waals surface area contributed by atoms with Gasteiger partial charge in [-0.15, -0.1) is 0 Å². The lowest BCUT2D eigenvalue weighted by Gasteiger charge is -2.36. The summed E-state index contributed by atoms with van der Waals surface area (Å²) in [5.41, 5.74) is 2.58. The molecule has 0 aromatic heterocycles. The van der Waals surface area contributed by atoms with E-state index in [4.69, 9.17) is 0 Å². The summed E-state index contributed by atoms with van der Waals surface area (Å²) in [5.74, 6) is -0.0651. The van der Waals surface area contributed by atoms with Crippen molar-refractivity contribution in [2.45, 2.75) is 65.5 Å². The van der Waals surface area contributed by atoms with Gasteiger partial charge in [-0.2, -0.15) is 0 Å². The van der Waals surface area contributed by atoms with Crippen LogP contribution in [0.15, 0.2) is 12.1 Å². The fraction of sp³-hybridized carbons (Fsp3) is 0.650. The van der Waals surface area contributed by atoms with Gasteiger partial charge in [-0.25, -0.2) is 4.39 Å². The normalized spacial score (nSPS) is 18.2. The molecule has 1 fully saturated rings. The first-order chi connectivity index (χ1) is 11.4. The van der Waals surface area contributed by atoms with Crippen LogP contribution >= 0.6 is 7.26 Å². The molecule has 1 saturated heterocycles. The highest BCUT2D eigenvalue weighted by Crippen LogP contribution is 2.66. The van der Waals surface area contributed by atoms with Gasteiger partial charge in [-0.05, 0) is 69.7 Å². The average Bonchev–Trinajstić information content (AvgIpc) is 2.56. The minimum absolute atomic E-state index is 0.164. The number of hydrogen-bond acceptors (Lipinski definition) is 1. The third-order valence-electron chi connectivity index (χ3n) is 5.61. The summed E-state index contributed by atoms with van der Waals surface area (Å²) in [5, 5.41) is 3.17. The van der Waals surface area contributed by atoms with E-state index in [1.165, 1.54) is 49.9 Å². The van der Waals surface area contributed by atoms with Crippen LogP contribution in [0.2, 0.25) is 0 Å². The Kier molecular flexibility index (Phi) is 6.80. The molecule has 1 atom stereocenters. The lowest BCUT2D eigenvalue weighted by molar-refractivity contribution is -0.116. The number of anilines is 1. The number of amides is 1. The number of rotatable bonds is 6. The molecule has 4 heteroatoms. The quantitative estimate of drug-likeness (QED) is 0.647. The van der Waals surface area contributed by atoms with E-state index in [1.54, 1.807) is 0 Å². The molecule has 1 heterocycles. The van der Waals surface area contributed by atoms with Gasteiger partial charge in [0.25, 0.3) is 5.91 Å². The van der Waals surface area contributed by atoms with Crippen molar-refractivity contribution in [1.82, 2.24) is 0 Å². The van der Waals surface area contributed by atoms with Crippen LogP contribution in [0.25, 0.3) is 0 Å². The molecule has 1 N–H and O–H groups in total. The molecule has 1 unspecified atom stereocenters. The number of carbonyl (C=O) groups excluding carboxylic acids is 1. The summed E-state index contributed by atoms with van der Waals surface area (Å²) in [6.07, 6.45) is 9.61. The predicted octanol–water partition coefficient (Wildman–Crippen LogP) is 5.77. The Morgan fingerprint density at radius 3 is 2.25 bits per heavy atom. The lowest BCUT2D eigenvalue weighted by atomic mass is 10.1. The van der Waals surface area contributed by atoms with Gasteiger partial charge < -0.3 is 5.32 Å². The highest BCUT2D eigenvalue weighted by atomic mass is 31.2. The second kappa shape index (κ2) is 8.43. The molecule has 1 aromatic carbocycles. The van der Waals surface area contributed by atoms with Crippen LogP contribution in [-0.2, 0) is 4.79 Å². The van der Waals surface area contributed by atoms with E-state index in [0.29, 0.717) is 0 Å². The van der Waals surface area contributed by atoms with Crippen molar-refractivity contribution in [3.05, 3.63) is 29.1 Å². The van der Waals surface area contributed by atoms with Crippen molar-refractivity contribution >= 4 is 18.9 Å². The third-order valence-corrected chi connectivity index (χ3v) is 11.1. The second-order valence-electron chi connectivity index (χ2n) is 7.25. The van der Waals surface area contributed by atoms with Gasteiger partial charge in [0.1, 0.15) is 11.5 Å². The maximum atomic E-state index is 13.5. The van der Waals surface area contributed by atoms with E-state index in [9.17, 15) is 9.18 Å². The zero-order valence-corrected chi connectivity index (χ0v) is 16.5. The summed E-state index contributed by atoms with van der Waals surface area (Å²) in [4.78, 5) is 13.2. The Labute approximate surface area is 146 Å². The van der Waals surface area contributed by atoms with Crippen molar-refractivity contribution in [3.8, 4) is 0 Å². The number of nitrogens with one attached hydrogen (secondary N) is 1. The molecule has 1 amide bonds. The Morgan fingerprint density at radius 2 is 1.75 bits per heavy atom. The van der Waals surface area contributed by atoms with Gasteiger partial charge in [0.05, 0.1) is 18.5 Å². The van der Waals surface area contributed by atoms with Crippen molar-refractivity contribution < 1.29 is 9.18 Å². The van der Waals surface area contributed by atoms with Crippen LogP contribution < -0.4 is 5.32 Å². The highest BCUT2D eigenvalue weighted by Gasteiger charge is 2.48. The number of benzene rings is 1. The summed E-state index contributed by atoms with van der Waals surface area (Å²) in [6.45, 7) is 8.19. The van der Waals surface area contributed by atoms with Crippen molar-refractivity contribution in [2.75, 3.05) is 23.8 Å². The van der Waals surface area contributed by atoms with Gasteiger partial charge in [0.15, 0.2) is 0 Å². The van der Waals surface area contributed by atoms with Crippen LogP contribution in [0, 0.1) is 19.7 Å². The van der Waals surface area contributed by atoms with Gasteiger partial charge >= 0.3 is 0 Å². The minimum atomic E-state index is -1.22. The first kappa shape index (κ1) is 19.4. The molecule has 2 nitrogen and oxygen atoms in total. The number of halogens is 1. The maximum absolute atomic E-state index is 13.5. The van der Waals surface area contributed by atoms with Gasteiger partial charge in [-0.3, -0.25) is 4.79 Å². The number of aryl methyl sites for hydroxylation is 2. The monoisotopic (exact) mass is 352 g/mol. The second-order valence-corrected chi connectivity index (χ2v) is 11.8. The Balaban J connectivity index is 2.26. The zero-order chi connectivity index (χ0) is 17.7. The summed E-state index contributed by atoms with van der Waals surface area (Å²) in [7, 11) is -1.22.